The lowest BCUT2D eigenvalue weighted by molar-refractivity contribution is 0.184. The van der Waals surface area contributed by atoms with Crippen LogP contribution in [-0.2, 0) is 11.3 Å². The Morgan fingerprint density at radius 3 is 2.70 bits per heavy atom. The molecular weight excluding hydrogens is 256 g/mol. The molecule has 0 bridgehead atoms. The van der Waals surface area contributed by atoms with E-state index < -0.39 is 0 Å². The van der Waals surface area contributed by atoms with E-state index >= 15 is 0 Å². The van der Waals surface area contributed by atoms with Crippen LogP contribution >= 0.6 is 0 Å². The Morgan fingerprint density at radius 2 is 2.15 bits per heavy atom. The number of rotatable bonds is 5. The average molecular weight is 276 g/mol. The third-order valence-electron chi connectivity index (χ3n) is 3.57. The van der Waals surface area contributed by atoms with Crippen molar-refractivity contribution in [1.29, 1.82) is 5.53 Å². The second-order valence-corrected chi connectivity index (χ2v) is 5.02. The van der Waals surface area contributed by atoms with E-state index in [-0.39, 0.29) is 6.03 Å². The van der Waals surface area contributed by atoms with Gasteiger partial charge in [0, 0.05) is 26.8 Å². The zero-order valence-electron chi connectivity index (χ0n) is 12.1. The van der Waals surface area contributed by atoms with Gasteiger partial charge < -0.3 is 4.74 Å². The first-order valence-corrected chi connectivity index (χ1v) is 6.59. The van der Waals surface area contributed by atoms with Gasteiger partial charge in [-0.1, -0.05) is 17.4 Å². The van der Waals surface area contributed by atoms with E-state index in [1.54, 1.807) is 14.2 Å². The first-order valence-electron chi connectivity index (χ1n) is 6.59. The van der Waals surface area contributed by atoms with Crippen molar-refractivity contribution in [2.45, 2.75) is 25.4 Å². The quantitative estimate of drug-likeness (QED) is 0.663. The van der Waals surface area contributed by atoms with Gasteiger partial charge in [0.05, 0.1) is 12.3 Å². The van der Waals surface area contributed by atoms with Crippen LogP contribution in [0.4, 0.5) is 10.5 Å². The van der Waals surface area contributed by atoms with Crippen LogP contribution in [0.3, 0.4) is 0 Å². The molecule has 1 aromatic carbocycles. The van der Waals surface area contributed by atoms with E-state index in [0.717, 1.165) is 16.3 Å². The highest BCUT2D eigenvalue weighted by atomic mass is 16.5. The highest BCUT2D eigenvalue weighted by Gasteiger charge is 2.28. The van der Waals surface area contributed by atoms with Crippen molar-refractivity contribution >= 4 is 11.7 Å². The van der Waals surface area contributed by atoms with Gasteiger partial charge in [0.15, 0.2) is 0 Å². The van der Waals surface area contributed by atoms with Crippen LogP contribution in [0, 0.1) is 5.53 Å². The van der Waals surface area contributed by atoms with E-state index in [2.05, 4.69) is 11.3 Å². The highest BCUT2D eigenvalue weighted by Crippen LogP contribution is 2.43. The maximum atomic E-state index is 12.1. The van der Waals surface area contributed by atoms with Gasteiger partial charge >= 0.3 is 6.03 Å². The number of carbonyl (C=O) groups is 1. The molecule has 1 aliphatic carbocycles. The highest BCUT2D eigenvalue weighted by molar-refractivity contribution is 5.92. The molecule has 0 unspecified atom stereocenters. The predicted octanol–water partition coefficient (Wildman–Crippen LogP) is 3.14. The van der Waals surface area contributed by atoms with Crippen LogP contribution in [0.5, 0.6) is 0 Å². The summed E-state index contributed by atoms with van der Waals surface area (Å²) >= 11 is 0. The van der Waals surface area contributed by atoms with Crippen LogP contribution < -0.4 is 4.90 Å². The van der Waals surface area contributed by atoms with Gasteiger partial charge in [-0.15, -0.1) is 0 Å². The van der Waals surface area contributed by atoms with Crippen LogP contribution in [0.2, 0.25) is 0 Å². The third-order valence-corrected chi connectivity index (χ3v) is 3.57. The fraction of sp³-hybridized carbons (Fsp3) is 0.500. The number of benzene rings is 1. The third kappa shape index (κ3) is 2.80. The summed E-state index contributed by atoms with van der Waals surface area (Å²) in [5, 5.41) is 4.14. The molecule has 0 heterocycles. The lowest BCUT2D eigenvalue weighted by Gasteiger charge is -2.24. The summed E-state index contributed by atoms with van der Waals surface area (Å²) in [4.78, 5) is 13.6. The molecule has 1 aromatic rings. The number of carbonyl (C=O) groups excluding carboxylic acids is 1. The van der Waals surface area contributed by atoms with Crippen LogP contribution in [0.15, 0.2) is 23.4 Å². The molecule has 1 N–H and O–H groups in total. The molecule has 1 aliphatic rings. The molecule has 20 heavy (non-hydrogen) atoms. The monoisotopic (exact) mass is 276 g/mol. The van der Waals surface area contributed by atoms with Gasteiger partial charge in [0.2, 0.25) is 0 Å². The van der Waals surface area contributed by atoms with Crippen molar-refractivity contribution < 1.29 is 9.53 Å². The van der Waals surface area contributed by atoms with E-state index in [1.807, 2.05) is 12.1 Å². The Balaban J connectivity index is 2.36. The SMILES string of the molecule is COCc1c(C2CC2)cccc1N(C)C(=O)N(C)N=N. The number of anilines is 1. The van der Waals surface area contributed by atoms with E-state index in [4.69, 9.17) is 10.3 Å². The second kappa shape index (κ2) is 6.00. The lowest BCUT2D eigenvalue weighted by atomic mass is 10.0. The summed E-state index contributed by atoms with van der Waals surface area (Å²) in [5.74, 6) is 0.585. The number of hydrogen-bond acceptors (Lipinski definition) is 4. The molecule has 6 nitrogen and oxygen atoms in total. The molecule has 2 amide bonds. The molecule has 108 valence electrons. The predicted molar refractivity (Wildman–Crippen MR) is 75.8 cm³/mol. The molecule has 1 fully saturated rings. The van der Waals surface area contributed by atoms with Gasteiger partial charge in [-0.3, -0.25) is 4.90 Å². The van der Waals surface area contributed by atoms with Crippen molar-refractivity contribution in [3.63, 3.8) is 0 Å². The molecule has 0 aliphatic heterocycles. The van der Waals surface area contributed by atoms with Gasteiger partial charge in [-0.2, -0.15) is 10.5 Å². The van der Waals surface area contributed by atoms with Crippen LogP contribution in [0.25, 0.3) is 0 Å². The minimum absolute atomic E-state index is 0.342. The summed E-state index contributed by atoms with van der Waals surface area (Å²) in [6.45, 7) is 0.474. The zero-order valence-corrected chi connectivity index (χ0v) is 12.1. The molecule has 1 saturated carbocycles. The van der Waals surface area contributed by atoms with Crippen LogP contribution in [-0.4, -0.2) is 32.2 Å². The Labute approximate surface area is 118 Å². The Morgan fingerprint density at radius 1 is 1.45 bits per heavy atom. The fourth-order valence-electron chi connectivity index (χ4n) is 2.35. The molecule has 6 heteroatoms. The minimum atomic E-state index is -0.342. The standard InChI is InChI=1S/C14H20N4O2/c1-17(14(19)18(2)16-15)13-6-4-5-11(10-7-8-10)12(13)9-20-3/h4-6,10,15H,7-9H2,1-3H3. The Hall–Kier alpha value is -1.95. The van der Waals surface area contributed by atoms with Crippen molar-refractivity contribution in [2.24, 2.45) is 5.22 Å². The lowest BCUT2D eigenvalue weighted by Crippen LogP contribution is -2.36. The summed E-state index contributed by atoms with van der Waals surface area (Å²) in [5.41, 5.74) is 10.1. The largest absolute Gasteiger partial charge is 0.380 e. The fourth-order valence-corrected chi connectivity index (χ4v) is 2.35. The van der Waals surface area contributed by atoms with E-state index in [1.165, 1.54) is 30.4 Å². The maximum Gasteiger partial charge on any atom is 0.345 e. The molecule has 0 atom stereocenters. The number of methoxy groups -OCH3 is 1. The van der Waals surface area contributed by atoms with Gasteiger partial charge in [-0.25, -0.2) is 4.79 Å². The number of nitrogens with one attached hydrogen (secondary N) is 1. The molecular formula is C14H20N4O2. The van der Waals surface area contributed by atoms with Crippen molar-refractivity contribution in [3.05, 3.63) is 29.3 Å². The number of ether oxygens (including phenoxy) is 1. The number of amides is 2. The topological polar surface area (TPSA) is 69.0 Å². The Kier molecular flexibility index (Phi) is 4.34. The first kappa shape index (κ1) is 14.5. The molecule has 2 rings (SSSR count). The molecule has 0 aromatic heterocycles. The first-order chi connectivity index (χ1) is 9.60. The summed E-state index contributed by atoms with van der Waals surface area (Å²) in [6.07, 6.45) is 2.39. The second-order valence-electron chi connectivity index (χ2n) is 5.02. The molecule has 0 radical (unpaired) electrons. The maximum absolute atomic E-state index is 12.1. The summed E-state index contributed by atoms with van der Waals surface area (Å²) in [7, 11) is 4.81. The van der Waals surface area contributed by atoms with Gasteiger partial charge in [-0.05, 0) is 30.4 Å². The summed E-state index contributed by atoms with van der Waals surface area (Å²) in [6, 6.07) is 5.62. The van der Waals surface area contributed by atoms with Crippen molar-refractivity contribution in [3.8, 4) is 0 Å². The van der Waals surface area contributed by atoms with E-state index in [9.17, 15) is 4.79 Å². The van der Waals surface area contributed by atoms with Crippen LogP contribution in [0.1, 0.15) is 29.9 Å². The number of hydrogen-bond donors (Lipinski definition) is 1. The molecule has 0 spiro atoms. The summed E-state index contributed by atoms with van der Waals surface area (Å²) < 4.78 is 5.29. The number of nitrogens with zero attached hydrogens (tertiary/aromatic N) is 3. The Bertz CT molecular complexity index is 514. The smallest absolute Gasteiger partial charge is 0.345 e. The van der Waals surface area contributed by atoms with E-state index in [0.29, 0.717) is 12.5 Å². The van der Waals surface area contributed by atoms with Gasteiger partial charge in [0.1, 0.15) is 0 Å². The minimum Gasteiger partial charge on any atom is -0.380 e. The number of urea groups is 1. The average Bonchev–Trinajstić information content (AvgIpc) is 3.30. The van der Waals surface area contributed by atoms with Crippen molar-refractivity contribution in [1.82, 2.24) is 5.01 Å². The molecule has 0 saturated heterocycles. The zero-order chi connectivity index (χ0) is 14.7. The van der Waals surface area contributed by atoms with Crippen molar-refractivity contribution in [2.75, 3.05) is 26.1 Å². The van der Waals surface area contributed by atoms with Gasteiger partial charge in [0.25, 0.3) is 0 Å². The normalized spacial score (nSPS) is 13.9.